The third-order valence-corrected chi connectivity index (χ3v) is 2.39. The van der Waals surface area contributed by atoms with Crippen LogP contribution in [0.5, 0.6) is 5.75 Å². The van der Waals surface area contributed by atoms with E-state index in [9.17, 15) is 0 Å². The Balaban J connectivity index is 2.53. The lowest BCUT2D eigenvalue weighted by Gasteiger charge is -2.09. The van der Waals surface area contributed by atoms with Gasteiger partial charge in [-0.05, 0) is 11.6 Å². The van der Waals surface area contributed by atoms with Gasteiger partial charge in [0.2, 0.25) is 0 Å². The van der Waals surface area contributed by atoms with Crippen LogP contribution in [0.25, 0.3) is 11.1 Å². The third kappa shape index (κ3) is 2.04. The van der Waals surface area contributed by atoms with Gasteiger partial charge in [0, 0.05) is 5.56 Å². The van der Waals surface area contributed by atoms with Crippen LogP contribution in [-0.4, -0.2) is 17.2 Å². The molecule has 1 aromatic heterocycles. The van der Waals surface area contributed by atoms with Crippen LogP contribution in [0.2, 0.25) is 0 Å². The minimum Gasteiger partial charge on any atom is -0.494 e. The first kappa shape index (κ1) is 10.6. The SMILES string of the molecule is COc1cnc(CO)cc1-c1ccccc1. The number of ether oxygens (including phenoxy) is 1. The largest absolute Gasteiger partial charge is 0.494 e. The second-order valence-electron chi connectivity index (χ2n) is 3.40. The smallest absolute Gasteiger partial charge is 0.144 e. The summed E-state index contributed by atoms with van der Waals surface area (Å²) in [7, 11) is 1.61. The van der Waals surface area contributed by atoms with E-state index in [2.05, 4.69) is 4.98 Å². The number of pyridine rings is 1. The van der Waals surface area contributed by atoms with Crippen molar-refractivity contribution < 1.29 is 9.84 Å². The lowest BCUT2D eigenvalue weighted by molar-refractivity contribution is 0.276. The van der Waals surface area contributed by atoms with Crippen molar-refractivity contribution in [3.8, 4) is 16.9 Å². The highest BCUT2D eigenvalue weighted by Gasteiger charge is 2.07. The number of hydrogen-bond acceptors (Lipinski definition) is 3. The molecule has 0 aliphatic rings. The highest BCUT2D eigenvalue weighted by atomic mass is 16.5. The Morgan fingerprint density at radius 3 is 2.62 bits per heavy atom. The van der Waals surface area contributed by atoms with E-state index in [4.69, 9.17) is 9.84 Å². The van der Waals surface area contributed by atoms with Gasteiger partial charge in [-0.1, -0.05) is 30.3 Å². The summed E-state index contributed by atoms with van der Waals surface area (Å²) in [6.07, 6.45) is 1.63. The lowest BCUT2D eigenvalue weighted by atomic mass is 10.1. The molecule has 0 fully saturated rings. The second-order valence-corrected chi connectivity index (χ2v) is 3.40. The molecule has 0 amide bonds. The fourth-order valence-electron chi connectivity index (χ4n) is 1.58. The summed E-state index contributed by atoms with van der Waals surface area (Å²) in [6, 6.07) is 11.7. The third-order valence-electron chi connectivity index (χ3n) is 2.39. The van der Waals surface area contributed by atoms with Gasteiger partial charge in [0.15, 0.2) is 0 Å². The van der Waals surface area contributed by atoms with Crippen molar-refractivity contribution >= 4 is 0 Å². The quantitative estimate of drug-likeness (QED) is 0.853. The van der Waals surface area contributed by atoms with Crippen molar-refractivity contribution in [3.63, 3.8) is 0 Å². The molecule has 1 N–H and O–H groups in total. The zero-order chi connectivity index (χ0) is 11.4. The summed E-state index contributed by atoms with van der Waals surface area (Å²) in [4.78, 5) is 4.08. The summed E-state index contributed by atoms with van der Waals surface area (Å²) < 4.78 is 5.26. The van der Waals surface area contributed by atoms with E-state index in [0.29, 0.717) is 11.4 Å². The molecule has 0 aliphatic heterocycles. The maximum absolute atomic E-state index is 9.07. The summed E-state index contributed by atoms with van der Waals surface area (Å²) in [5.74, 6) is 0.711. The van der Waals surface area contributed by atoms with E-state index < -0.39 is 0 Å². The monoisotopic (exact) mass is 215 g/mol. The predicted octanol–water partition coefficient (Wildman–Crippen LogP) is 2.25. The Kier molecular flexibility index (Phi) is 3.17. The normalized spacial score (nSPS) is 10.1. The summed E-state index contributed by atoms with van der Waals surface area (Å²) in [5.41, 5.74) is 2.64. The van der Waals surface area contributed by atoms with Crippen LogP contribution in [0.1, 0.15) is 5.69 Å². The average molecular weight is 215 g/mol. The molecule has 82 valence electrons. The topological polar surface area (TPSA) is 42.4 Å². The van der Waals surface area contributed by atoms with E-state index in [-0.39, 0.29) is 6.61 Å². The van der Waals surface area contributed by atoms with Crippen LogP contribution < -0.4 is 4.74 Å². The molecule has 3 nitrogen and oxygen atoms in total. The molecular formula is C13H13NO2. The summed E-state index contributed by atoms with van der Waals surface area (Å²) in [6.45, 7) is -0.0656. The van der Waals surface area contributed by atoms with Crippen molar-refractivity contribution in [1.29, 1.82) is 0 Å². The lowest BCUT2D eigenvalue weighted by Crippen LogP contribution is -1.94. The van der Waals surface area contributed by atoms with Gasteiger partial charge in [-0.3, -0.25) is 4.98 Å². The molecule has 0 atom stereocenters. The first-order valence-corrected chi connectivity index (χ1v) is 5.04. The van der Waals surface area contributed by atoms with E-state index in [1.807, 2.05) is 36.4 Å². The number of aromatic nitrogens is 1. The maximum atomic E-state index is 9.07. The molecule has 2 aromatic rings. The summed E-state index contributed by atoms with van der Waals surface area (Å²) >= 11 is 0. The molecule has 0 bridgehead atoms. The van der Waals surface area contributed by atoms with Crippen molar-refractivity contribution in [2.75, 3.05) is 7.11 Å². The number of nitrogens with zero attached hydrogens (tertiary/aromatic N) is 1. The van der Waals surface area contributed by atoms with Crippen LogP contribution in [-0.2, 0) is 6.61 Å². The van der Waals surface area contributed by atoms with Crippen molar-refractivity contribution in [1.82, 2.24) is 4.98 Å². The van der Waals surface area contributed by atoms with Gasteiger partial charge in [-0.25, -0.2) is 0 Å². The minimum absolute atomic E-state index is 0.0656. The zero-order valence-corrected chi connectivity index (χ0v) is 9.05. The Morgan fingerprint density at radius 1 is 1.25 bits per heavy atom. The van der Waals surface area contributed by atoms with Crippen molar-refractivity contribution in [2.24, 2.45) is 0 Å². The van der Waals surface area contributed by atoms with Crippen LogP contribution in [0, 0.1) is 0 Å². The molecule has 0 unspecified atom stereocenters. The Morgan fingerprint density at radius 2 is 2.00 bits per heavy atom. The number of rotatable bonds is 3. The molecule has 16 heavy (non-hydrogen) atoms. The van der Waals surface area contributed by atoms with Gasteiger partial charge in [0.25, 0.3) is 0 Å². The van der Waals surface area contributed by atoms with E-state index in [0.717, 1.165) is 11.1 Å². The van der Waals surface area contributed by atoms with E-state index in [1.165, 1.54) is 0 Å². The first-order chi connectivity index (χ1) is 7.85. The fourth-order valence-corrected chi connectivity index (χ4v) is 1.58. The van der Waals surface area contributed by atoms with E-state index in [1.54, 1.807) is 13.3 Å². The highest BCUT2D eigenvalue weighted by molar-refractivity contribution is 5.70. The van der Waals surface area contributed by atoms with Gasteiger partial charge in [0.1, 0.15) is 5.75 Å². The molecular weight excluding hydrogens is 202 g/mol. The molecule has 0 radical (unpaired) electrons. The van der Waals surface area contributed by atoms with Crippen LogP contribution >= 0.6 is 0 Å². The second kappa shape index (κ2) is 4.77. The minimum atomic E-state index is -0.0656. The molecule has 3 heteroatoms. The van der Waals surface area contributed by atoms with Crippen LogP contribution in [0.4, 0.5) is 0 Å². The predicted molar refractivity (Wildman–Crippen MR) is 62.1 cm³/mol. The molecule has 0 aliphatic carbocycles. The van der Waals surface area contributed by atoms with Gasteiger partial charge in [-0.15, -0.1) is 0 Å². The number of hydrogen-bond donors (Lipinski definition) is 1. The number of methoxy groups -OCH3 is 1. The molecule has 1 heterocycles. The van der Waals surface area contributed by atoms with Crippen molar-refractivity contribution in [2.45, 2.75) is 6.61 Å². The molecule has 1 aromatic carbocycles. The van der Waals surface area contributed by atoms with E-state index >= 15 is 0 Å². The van der Waals surface area contributed by atoms with Crippen molar-refractivity contribution in [3.05, 3.63) is 48.3 Å². The summed E-state index contributed by atoms with van der Waals surface area (Å²) in [5, 5.41) is 9.07. The first-order valence-electron chi connectivity index (χ1n) is 5.04. The van der Waals surface area contributed by atoms with Crippen LogP contribution in [0.3, 0.4) is 0 Å². The number of aliphatic hydroxyl groups excluding tert-OH is 1. The van der Waals surface area contributed by atoms with Gasteiger partial charge in [-0.2, -0.15) is 0 Å². The van der Waals surface area contributed by atoms with Gasteiger partial charge >= 0.3 is 0 Å². The number of benzene rings is 1. The Bertz CT molecular complexity index is 469. The zero-order valence-electron chi connectivity index (χ0n) is 9.05. The Labute approximate surface area is 94.3 Å². The molecule has 0 saturated carbocycles. The fraction of sp³-hybridized carbons (Fsp3) is 0.154. The maximum Gasteiger partial charge on any atom is 0.144 e. The van der Waals surface area contributed by atoms with Crippen LogP contribution in [0.15, 0.2) is 42.6 Å². The molecule has 0 spiro atoms. The van der Waals surface area contributed by atoms with Gasteiger partial charge < -0.3 is 9.84 Å². The highest BCUT2D eigenvalue weighted by Crippen LogP contribution is 2.29. The van der Waals surface area contributed by atoms with Gasteiger partial charge in [0.05, 0.1) is 25.6 Å². The Hall–Kier alpha value is -1.87. The molecule has 2 rings (SSSR count). The average Bonchev–Trinajstić information content (AvgIpc) is 2.39. The standard InChI is InChI=1S/C13H13NO2/c1-16-13-8-14-11(9-15)7-12(13)10-5-3-2-4-6-10/h2-8,15H,9H2,1H3. The number of aliphatic hydroxyl groups is 1. The molecule has 0 saturated heterocycles.